The number of hydrogen-bond donors (Lipinski definition) is 2. The normalized spacial score (nSPS) is 8.07. The summed E-state index contributed by atoms with van der Waals surface area (Å²) in [5.41, 5.74) is 0. The second-order valence-electron chi connectivity index (χ2n) is 2.13. The van der Waals surface area contributed by atoms with Crippen molar-refractivity contribution in [3.63, 3.8) is 0 Å². The van der Waals surface area contributed by atoms with E-state index in [2.05, 4.69) is 0 Å². The summed E-state index contributed by atoms with van der Waals surface area (Å²) >= 11 is 0. The van der Waals surface area contributed by atoms with Crippen molar-refractivity contribution < 1.29 is 24.5 Å². The van der Waals surface area contributed by atoms with Gasteiger partial charge >= 0.3 is 5.97 Å². The summed E-state index contributed by atoms with van der Waals surface area (Å²) in [4.78, 5) is 17.9. The van der Waals surface area contributed by atoms with Crippen LogP contribution in [0.15, 0.2) is 24.3 Å². The third-order valence-electron chi connectivity index (χ3n) is 1.19. The fourth-order valence-corrected chi connectivity index (χ4v) is 0.630. The summed E-state index contributed by atoms with van der Waals surface area (Å²) in [6, 6.07) is 6.84. The summed E-state index contributed by atoms with van der Waals surface area (Å²) < 4.78 is 4.79. The van der Waals surface area contributed by atoms with Crippen LogP contribution in [0.4, 0.5) is 0 Å². The van der Waals surface area contributed by atoms with Crippen molar-refractivity contribution in [3.8, 4) is 11.5 Å². The predicted molar refractivity (Wildman–Crippen MR) is 48.4 cm³/mol. The van der Waals surface area contributed by atoms with Crippen molar-refractivity contribution in [1.82, 2.24) is 0 Å². The third-order valence-corrected chi connectivity index (χ3v) is 1.19. The van der Waals surface area contributed by atoms with Crippen molar-refractivity contribution in [2.45, 2.75) is 0 Å². The van der Waals surface area contributed by atoms with Crippen molar-refractivity contribution in [2.75, 3.05) is 7.11 Å². The number of benzene rings is 1. The molecular formula is C9H10O5. The van der Waals surface area contributed by atoms with Crippen LogP contribution in [0.25, 0.3) is 0 Å². The van der Waals surface area contributed by atoms with E-state index < -0.39 is 5.97 Å². The van der Waals surface area contributed by atoms with Crippen LogP contribution < -0.4 is 4.74 Å². The number of aromatic hydroxyl groups is 1. The molecule has 0 atom stereocenters. The van der Waals surface area contributed by atoms with Gasteiger partial charge in [-0.2, -0.15) is 0 Å². The van der Waals surface area contributed by atoms with Gasteiger partial charge in [-0.25, -0.2) is 4.79 Å². The number of phenolic OH excluding ortho intramolecular Hbond substituents is 1. The van der Waals surface area contributed by atoms with E-state index in [0.717, 1.165) is 0 Å². The number of hydrogen-bond acceptors (Lipinski definition) is 4. The van der Waals surface area contributed by atoms with Gasteiger partial charge < -0.3 is 14.9 Å². The van der Waals surface area contributed by atoms with Crippen LogP contribution in [0.5, 0.6) is 11.5 Å². The zero-order valence-corrected chi connectivity index (χ0v) is 7.51. The third kappa shape index (κ3) is 4.76. The quantitative estimate of drug-likeness (QED) is 0.539. The highest BCUT2D eigenvalue weighted by Crippen LogP contribution is 2.22. The molecule has 14 heavy (non-hydrogen) atoms. The highest BCUT2D eigenvalue weighted by atomic mass is 16.5. The van der Waals surface area contributed by atoms with Gasteiger partial charge in [0.15, 0.2) is 11.5 Å². The van der Waals surface area contributed by atoms with Crippen LogP contribution in [-0.4, -0.2) is 29.6 Å². The Balaban J connectivity index is 0.000000292. The Morgan fingerprint density at radius 1 is 1.43 bits per heavy atom. The summed E-state index contributed by atoms with van der Waals surface area (Å²) in [6.45, 7) is 0. The van der Waals surface area contributed by atoms with E-state index in [-0.39, 0.29) is 12.0 Å². The Kier molecular flexibility index (Phi) is 5.53. The lowest BCUT2D eigenvalue weighted by Crippen LogP contribution is -1.91. The topological polar surface area (TPSA) is 83.8 Å². The Hall–Kier alpha value is -2.04. The minimum Gasteiger partial charge on any atom is -0.504 e. The maximum atomic E-state index is 9.00. The van der Waals surface area contributed by atoms with Crippen LogP contribution in [0.2, 0.25) is 0 Å². The number of ether oxygens (including phenoxy) is 1. The number of methoxy groups -OCH3 is 1. The Bertz CT molecular complexity index is 308. The number of aldehydes is 1. The second kappa shape index (κ2) is 6.47. The van der Waals surface area contributed by atoms with Crippen LogP contribution in [-0.2, 0) is 9.59 Å². The molecule has 76 valence electrons. The zero-order chi connectivity index (χ0) is 11.0. The van der Waals surface area contributed by atoms with Crippen molar-refractivity contribution in [1.29, 1.82) is 0 Å². The lowest BCUT2D eigenvalue weighted by Gasteiger charge is -1.99. The van der Waals surface area contributed by atoms with Crippen LogP contribution in [0.1, 0.15) is 0 Å². The summed E-state index contributed by atoms with van der Waals surface area (Å²) in [5, 5.41) is 16.3. The molecule has 0 aliphatic carbocycles. The highest BCUT2D eigenvalue weighted by molar-refractivity contribution is 6.19. The van der Waals surface area contributed by atoms with Gasteiger partial charge in [-0.15, -0.1) is 0 Å². The molecule has 1 rings (SSSR count). The van der Waals surface area contributed by atoms with Gasteiger partial charge in [0.1, 0.15) is 0 Å². The Morgan fingerprint density at radius 3 is 2.21 bits per heavy atom. The van der Waals surface area contributed by atoms with Gasteiger partial charge in [-0.3, -0.25) is 4.79 Å². The molecule has 0 fully saturated rings. The maximum absolute atomic E-state index is 9.00. The van der Waals surface area contributed by atoms with Gasteiger partial charge in [0.25, 0.3) is 0 Å². The monoisotopic (exact) mass is 198 g/mol. The van der Waals surface area contributed by atoms with E-state index in [1.807, 2.05) is 0 Å². The van der Waals surface area contributed by atoms with E-state index in [1.54, 1.807) is 24.3 Å². The Labute approximate surface area is 80.6 Å². The van der Waals surface area contributed by atoms with Crippen molar-refractivity contribution >= 4 is 12.3 Å². The number of phenols is 1. The van der Waals surface area contributed by atoms with E-state index in [0.29, 0.717) is 5.75 Å². The lowest BCUT2D eigenvalue weighted by molar-refractivity contribution is -0.143. The van der Waals surface area contributed by atoms with E-state index in [9.17, 15) is 0 Å². The summed E-state index contributed by atoms with van der Waals surface area (Å²) in [7, 11) is 1.52. The first-order valence-electron chi connectivity index (χ1n) is 3.62. The maximum Gasteiger partial charge on any atom is 0.368 e. The molecule has 0 saturated carbocycles. The van der Waals surface area contributed by atoms with Crippen LogP contribution in [0, 0.1) is 0 Å². The number of carbonyl (C=O) groups is 2. The molecule has 0 heterocycles. The minimum atomic E-state index is -1.43. The lowest BCUT2D eigenvalue weighted by atomic mass is 10.3. The van der Waals surface area contributed by atoms with Gasteiger partial charge in [0.05, 0.1) is 7.11 Å². The molecular weight excluding hydrogens is 188 g/mol. The zero-order valence-electron chi connectivity index (χ0n) is 7.51. The SMILES string of the molecule is COc1ccccc1O.O=CC(=O)O. The van der Waals surface area contributed by atoms with Gasteiger partial charge in [-0.05, 0) is 12.1 Å². The highest BCUT2D eigenvalue weighted by Gasteiger charge is 1.94. The largest absolute Gasteiger partial charge is 0.504 e. The predicted octanol–water partition coefficient (Wildman–Crippen LogP) is 0.671. The van der Waals surface area contributed by atoms with Crippen LogP contribution in [0.3, 0.4) is 0 Å². The fraction of sp³-hybridized carbons (Fsp3) is 0.111. The molecule has 0 aliphatic heterocycles. The molecule has 5 heteroatoms. The molecule has 2 N–H and O–H groups in total. The van der Waals surface area contributed by atoms with E-state index in [4.69, 9.17) is 24.5 Å². The number of carboxylic acid groups (broad SMARTS) is 1. The number of para-hydroxylation sites is 2. The molecule has 5 nitrogen and oxygen atoms in total. The number of carboxylic acids is 1. The van der Waals surface area contributed by atoms with E-state index >= 15 is 0 Å². The molecule has 0 spiro atoms. The van der Waals surface area contributed by atoms with Gasteiger partial charge in [-0.1, -0.05) is 12.1 Å². The van der Waals surface area contributed by atoms with Crippen molar-refractivity contribution in [2.24, 2.45) is 0 Å². The van der Waals surface area contributed by atoms with Gasteiger partial charge in [0.2, 0.25) is 6.29 Å². The molecule has 0 unspecified atom stereocenters. The number of aliphatic carboxylic acids is 1. The molecule has 0 aromatic heterocycles. The summed E-state index contributed by atoms with van der Waals surface area (Å²) in [6.07, 6.45) is -0.167. The molecule has 0 saturated heterocycles. The molecule has 0 aliphatic rings. The first-order chi connectivity index (χ1) is 6.61. The van der Waals surface area contributed by atoms with Crippen molar-refractivity contribution in [3.05, 3.63) is 24.3 Å². The first kappa shape index (κ1) is 12.0. The standard InChI is InChI=1S/C7H8O2.C2H2O3/c1-9-7-5-3-2-4-6(7)8;3-1-2(4)5/h2-5,8H,1H3;1H,(H,4,5). The summed E-state index contributed by atoms with van der Waals surface area (Å²) in [5.74, 6) is -0.734. The molecule has 1 aromatic rings. The van der Waals surface area contributed by atoms with E-state index in [1.165, 1.54) is 7.11 Å². The minimum absolute atomic E-state index is 0.167. The molecule has 0 radical (unpaired) electrons. The average Bonchev–Trinajstić information content (AvgIpc) is 2.19. The van der Waals surface area contributed by atoms with Gasteiger partial charge in [0, 0.05) is 0 Å². The number of rotatable bonds is 2. The first-order valence-corrected chi connectivity index (χ1v) is 3.62. The average molecular weight is 198 g/mol. The van der Waals surface area contributed by atoms with Crippen LogP contribution >= 0.6 is 0 Å². The Morgan fingerprint density at radius 2 is 1.93 bits per heavy atom. The molecule has 0 amide bonds. The molecule has 0 bridgehead atoms. The fourth-order valence-electron chi connectivity index (χ4n) is 0.630. The smallest absolute Gasteiger partial charge is 0.368 e. The number of carbonyl (C=O) groups excluding carboxylic acids is 1. The molecule has 1 aromatic carbocycles. The second-order valence-corrected chi connectivity index (χ2v) is 2.13.